The van der Waals surface area contributed by atoms with Crippen molar-refractivity contribution in [2.24, 2.45) is 0 Å². The van der Waals surface area contributed by atoms with E-state index in [1.807, 2.05) is 11.4 Å². The number of amides is 1. The lowest BCUT2D eigenvalue weighted by Gasteiger charge is -2.37. The van der Waals surface area contributed by atoms with E-state index in [9.17, 15) is 13.2 Å². The number of hydrogen-bond acceptors (Lipinski definition) is 4. The van der Waals surface area contributed by atoms with Crippen LogP contribution in [0.25, 0.3) is 0 Å². The summed E-state index contributed by atoms with van der Waals surface area (Å²) in [4.78, 5) is 14.4. The molecule has 0 atom stereocenters. The number of hydrogen-bond donors (Lipinski definition) is 0. The van der Waals surface area contributed by atoms with Crippen LogP contribution in [0.2, 0.25) is 0 Å². The molecule has 0 aromatic carbocycles. The van der Waals surface area contributed by atoms with Gasteiger partial charge >= 0.3 is 0 Å². The molecule has 6 heteroatoms. The van der Waals surface area contributed by atoms with Gasteiger partial charge in [-0.1, -0.05) is 6.07 Å². The Labute approximate surface area is 105 Å². The minimum atomic E-state index is -3.09. The molecule has 2 rings (SSSR count). The number of sulfone groups is 1. The third-order valence-electron chi connectivity index (χ3n) is 3.06. The van der Waals surface area contributed by atoms with Crippen LogP contribution < -0.4 is 0 Å². The molecule has 1 aromatic heterocycles. The highest BCUT2D eigenvalue weighted by Gasteiger charge is 2.41. The van der Waals surface area contributed by atoms with E-state index in [0.717, 1.165) is 0 Å². The third-order valence-corrected chi connectivity index (χ3v) is 6.45. The SMILES string of the molecule is CC1(C)CN(C(=O)c2cccs2)CCS1(=O)=O. The average Bonchev–Trinajstić information content (AvgIpc) is 2.74. The van der Waals surface area contributed by atoms with Gasteiger partial charge in [0.05, 0.1) is 15.4 Å². The Morgan fingerprint density at radius 2 is 2.18 bits per heavy atom. The van der Waals surface area contributed by atoms with Gasteiger partial charge in [-0.25, -0.2) is 8.42 Å². The van der Waals surface area contributed by atoms with E-state index >= 15 is 0 Å². The standard InChI is InChI=1S/C11H15NO3S2/c1-11(2)8-12(5-7-17(11,14)15)10(13)9-4-3-6-16-9/h3-4,6H,5,7-8H2,1-2H3. The summed E-state index contributed by atoms with van der Waals surface area (Å²) in [7, 11) is -3.09. The molecule has 1 aliphatic heterocycles. The summed E-state index contributed by atoms with van der Waals surface area (Å²) in [5, 5.41) is 1.85. The highest BCUT2D eigenvalue weighted by atomic mass is 32.2. The Morgan fingerprint density at radius 3 is 2.71 bits per heavy atom. The van der Waals surface area contributed by atoms with E-state index in [1.54, 1.807) is 24.8 Å². The summed E-state index contributed by atoms with van der Waals surface area (Å²) in [6.07, 6.45) is 0. The van der Waals surface area contributed by atoms with Crippen LogP contribution in [0.4, 0.5) is 0 Å². The van der Waals surface area contributed by atoms with Crippen molar-refractivity contribution < 1.29 is 13.2 Å². The van der Waals surface area contributed by atoms with Crippen LogP contribution in [-0.4, -0.2) is 42.8 Å². The van der Waals surface area contributed by atoms with Crippen molar-refractivity contribution in [3.8, 4) is 0 Å². The zero-order valence-corrected chi connectivity index (χ0v) is 11.5. The first-order valence-corrected chi connectivity index (χ1v) is 7.92. The fraction of sp³-hybridized carbons (Fsp3) is 0.545. The van der Waals surface area contributed by atoms with E-state index in [-0.39, 0.29) is 18.2 Å². The van der Waals surface area contributed by atoms with Crippen LogP contribution in [0.15, 0.2) is 17.5 Å². The molecule has 0 spiro atoms. The van der Waals surface area contributed by atoms with Gasteiger partial charge < -0.3 is 4.90 Å². The molecule has 1 aliphatic rings. The normalized spacial score (nSPS) is 22.4. The van der Waals surface area contributed by atoms with E-state index in [4.69, 9.17) is 0 Å². The molecule has 2 heterocycles. The summed E-state index contributed by atoms with van der Waals surface area (Å²) in [5.41, 5.74) is 0. The topological polar surface area (TPSA) is 54.5 Å². The maximum Gasteiger partial charge on any atom is 0.263 e. The number of rotatable bonds is 1. The molecule has 0 aliphatic carbocycles. The van der Waals surface area contributed by atoms with Gasteiger partial charge in [-0.15, -0.1) is 11.3 Å². The summed E-state index contributed by atoms with van der Waals surface area (Å²) in [6, 6.07) is 3.59. The highest BCUT2D eigenvalue weighted by molar-refractivity contribution is 7.92. The Balaban J connectivity index is 2.20. The highest BCUT2D eigenvalue weighted by Crippen LogP contribution is 2.25. The number of carbonyl (C=O) groups is 1. The van der Waals surface area contributed by atoms with Crippen molar-refractivity contribution in [2.45, 2.75) is 18.6 Å². The average molecular weight is 273 g/mol. The van der Waals surface area contributed by atoms with Gasteiger partial charge in [-0.3, -0.25) is 4.79 Å². The Morgan fingerprint density at radius 1 is 1.47 bits per heavy atom. The summed E-state index contributed by atoms with van der Waals surface area (Å²) in [6.45, 7) is 3.92. The maximum absolute atomic E-state index is 12.1. The van der Waals surface area contributed by atoms with Gasteiger partial charge in [0.1, 0.15) is 0 Å². The minimum Gasteiger partial charge on any atom is -0.335 e. The van der Waals surface area contributed by atoms with Gasteiger partial charge in [-0.05, 0) is 25.3 Å². The number of thiophene rings is 1. The van der Waals surface area contributed by atoms with Gasteiger partial charge in [0.15, 0.2) is 9.84 Å². The second-order valence-electron chi connectivity index (χ2n) is 4.78. The van der Waals surface area contributed by atoms with Crippen LogP contribution >= 0.6 is 11.3 Å². The van der Waals surface area contributed by atoms with E-state index in [1.165, 1.54) is 11.3 Å². The molecule has 0 bridgehead atoms. The zero-order chi connectivity index (χ0) is 12.7. The van der Waals surface area contributed by atoms with Crippen molar-refractivity contribution in [1.29, 1.82) is 0 Å². The lowest BCUT2D eigenvalue weighted by Crippen LogP contribution is -2.54. The van der Waals surface area contributed by atoms with E-state index < -0.39 is 14.6 Å². The molecule has 4 nitrogen and oxygen atoms in total. The molecule has 0 radical (unpaired) electrons. The van der Waals surface area contributed by atoms with Crippen molar-refractivity contribution >= 4 is 27.1 Å². The predicted molar refractivity (Wildman–Crippen MR) is 68.1 cm³/mol. The monoisotopic (exact) mass is 273 g/mol. The lowest BCUT2D eigenvalue weighted by molar-refractivity contribution is 0.0748. The fourth-order valence-electron chi connectivity index (χ4n) is 1.87. The fourth-order valence-corrected chi connectivity index (χ4v) is 3.93. The summed E-state index contributed by atoms with van der Waals surface area (Å²) in [5.74, 6) is -0.0140. The minimum absolute atomic E-state index is 0.0527. The van der Waals surface area contributed by atoms with Crippen molar-refractivity contribution in [3.63, 3.8) is 0 Å². The first-order valence-electron chi connectivity index (χ1n) is 5.39. The molecule has 1 saturated heterocycles. The second-order valence-corrected chi connectivity index (χ2v) is 8.47. The summed E-state index contributed by atoms with van der Waals surface area (Å²) >= 11 is 1.38. The van der Waals surface area contributed by atoms with Crippen molar-refractivity contribution in [2.75, 3.05) is 18.8 Å². The molecule has 0 saturated carbocycles. The van der Waals surface area contributed by atoms with Crippen LogP contribution in [0.3, 0.4) is 0 Å². The molecule has 0 unspecified atom stereocenters. The Hall–Kier alpha value is -0.880. The molecule has 17 heavy (non-hydrogen) atoms. The molecule has 94 valence electrons. The maximum atomic E-state index is 12.1. The van der Waals surface area contributed by atoms with Gasteiger partial charge in [0.25, 0.3) is 5.91 Å². The molecular formula is C11H15NO3S2. The van der Waals surface area contributed by atoms with Crippen LogP contribution in [0.5, 0.6) is 0 Å². The molecule has 1 amide bonds. The van der Waals surface area contributed by atoms with Crippen LogP contribution in [0, 0.1) is 0 Å². The summed E-state index contributed by atoms with van der Waals surface area (Å²) < 4.78 is 22.8. The van der Waals surface area contributed by atoms with Gasteiger partial charge in [-0.2, -0.15) is 0 Å². The number of carbonyl (C=O) groups excluding carboxylic acids is 1. The third kappa shape index (κ3) is 2.24. The van der Waals surface area contributed by atoms with E-state index in [0.29, 0.717) is 11.4 Å². The van der Waals surface area contributed by atoms with Crippen molar-refractivity contribution in [3.05, 3.63) is 22.4 Å². The Kier molecular flexibility index (Phi) is 3.03. The largest absolute Gasteiger partial charge is 0.335 e. The Bertz CT molecular complexity index is 517. The zero-order valence-electron chi connectivity index (χ0n) is 9.84. The quantitative estimate of drug-likeness (QED) is 0.777. The first-order chi connectivity index (χ1) is 7.83. The van der Waals surface area contributed by atoms with Crippen LogP contribution in [-0.2, 0) is 9.84 Å². The van der Waals surface area contributed by atoms with Gasteiger partial charge in [0, 0.05) is 13.1 Å². The van der Waals surface area contributed by atoms with Crippen molar-refractivity contribution in [1.82, 2.24) is 4.90 Å². The first kappa shape index (κ1) is 12.6. The second kappa shape index (κ2) is 4.10. The molecular weight excluding hydrogens is 258 g/mol. The lowest BCUT2D eigenvalue weighted by atomic mass is 10.2. The number of nitrogens with zero attached hydrogens (tertiary/aromatic N) is 1. The predicted octanol–water partition coefficient (Wildman–Crippen LogP) is 1.40. The molecule has 1 fully saturated rings. The van der Waals surface area contributed by atoms with Gasteiger partial charge in [0.2, 0.25) is 0 Å². The smallest absolute Gasteiger partial charge is 0.263 e. The van der Waals surface area contributed by atoms with Crippen LogP contribution in [0.1, 0.15) is 23.5 Å². The molecule has 0 N–H and O–H groups in total. The molecule has 1 aromatic rings. The van der Waals surface area contributed by atoms with E-state index in [2.05, 4.69) is 0 Å².